The molecule has 3 rings (SSSR count). The van der Waals surface area contributed by atoms with Gasteiger partial charge < -0.3 is 10.1 Å². The van der Waals surface area contributed by atoms with Gasteiger partial charge in [0.15, 0.2) is 0 Å². The summed E-state index contributed by atoms with van der Waals surface area (Å²) in [4.78, 5) is 38.3. The number of hydrogen-bond donors (Lipinski definition) is 1. The van der Waals surface area contributed by atoms with Gasteiger partial charge >= 0.3 is 0 Å². The Hall–Kier alpha value is -3.06. The molecule has 0 radical (unpaired) electrons. The first kappa shape index (κ1) is 19.7. The van der Waals surface area contributed by atoms with E-state index in [2.05, 4.69) is 5.32 Å². The Bertz CT molecular complexity index is 967. The molecule has 0 spiro atoms. The first-order valence-corrected chi connectivity index (χ1v) is 9.45. The van der Waals surface area contributed by atoms with Crippen molar-refractivity contribution in [2.75, 3.05) is 19.0 Å². The maximum Gasteiger partial charge on any atom is 0.294 e. The quantitative estimate of drug-likeness (QED) is 0.774. The molecular weight excluding hydrogens is 376 g/mol. The number of rotatable bonds is 5. The summed E-state index contributed by atoms with van der Waals surface area (Å²) in [7, 11) is 1.57. The number of benzene rings is 2. The molecule has 1 saturated heterocycles. The molecule has 1 N–H and O–H groups in total. The predicted octanol–water partition coefficient (Wildman–Crippen LogP) is 3.99. The van der Waals surface area contributed by atoms with Gasteiger partial charge in [0.05, 0.1) is 12.0 Å². The van der Waals surface area contributed by atoms with Crippen molar-refractivity contribution in [2.45, 2.75) is 13.8 Å². The lowest BCUT2D eigenvalue weighted by Gasteiger charge is -2.13. The van der Waals surface area contributed by atoms with E-state index in [0.29, 0.717) is 11.4 Å². The summed E-state index contributed by atoms with van der Waals surface area (Å²) >= 11 is 0.827. The zero-order valence-electron chi connectivity index (χ0n) is 15.8. The van der Waals surface area contributed by atoms with Crippen LogP contribution in [0, 0.1) is 13.8 Å². The zero-order chi connectivity index (χ0) is 20.3. The third-order valence-corrected chi connectivity index (χ3v) is 5.29. The fourth-order valence-electron chi connectivity index (χ4n) is 2.65. The summed E-state index contributed by atoms with van der Waals surface area (Å²) in [5.41, 5.74) is 3.57. The Labute approximate surface area is 167 Å². The van der Waals surface area contributed by atoms with Gasteiger partial charge in [-0.05, 0) is 72.6 Å². The van der Waals surface area contributed by atoms with Gasteiger partial charge in [-0.15, -0.1) is 0 Å². The van der Waals surface area contributed by atoms with Crippen LogP contribution in [0.15, 0.2) is 47.4 Å². The van der Waals surface area contributed by atoms with Crippen LogP contribution in [0.2, 0.25) is 0 Å². The number of hydrogen-bond acceptors (Lipinski definition) is 5. The highest BCUT2D eigenvalue weighted by Gasteiger charge is 2.36. The van der Waals surface area contributed by atoms with E-state index in [1.165, 1.54) is 0 Å². The van der Waals surface area contributed by atoms with E-state index in [4.69, 9.17) is 4.74 Å². The Morgan fingerprint density at radius 1 is 1.11 bits per heavy atom. The highest BCUT2D eigenvalue weighted by Crippen LogP contribution is 2.32. The molecule has 0 bridgehead atoms. The number of nitrogens with one attached hydrogen (secondary N) is 1. The average Bonchev–Trinajstić information content (AvgIpc) is 2.93. The van der Waals surface area contributed by atoms with Gasteiger partial charge in [0.1, 0.15) is 12.3 Å². The second-order valence-corrected chi connectivity index (χ2v) is 7.38. The molecule has 1 aliphatic heterocycles. The largest absolute Gasteiger partial charge is 0.497 e. The second kappa shape index (κ2) is 8.31. The van der Waals surface area contributed by atoms with Gasteiger partial charge in [0, 0.05) is 5.69 Å². The minimum Gasteiger partial charge on any atom is -0.497 e. The van der Waals surface area contributed by atoms with Crippen molar-refractivity contribution < 1.29 is 19.1 Å². The number of methoxy groups -OCH3 is 1. The summed E-state index contributed by atoms with van der Waals surface area (Å²) in [5.74, 6) is -0.189. The number of nitrogens with zero attached hydrogens (tertiary/aromatic N) is 1. The smallest absolute Gasteiger partial charge is 0.294 e. The van der Waals surface area contributed by atoms with Crippen LogP contribution in [0.5, 0.6) is 5.75 Å². The van der Waals surface area contributed by atoms with Gasteiger partial charge in [0.2, 0.25) is 5.91 Å². The Kier molecular flexibility index (Phi) is 5.84. The molecule has 1 heterocycles. The maximum absolute atomic E-state index is 12.5. The van der Waals surface area contributed by atoms with Gasteiger partial charge in [-0.2, -0.15) is 0 Å². The molecule has 144 valence electrons. The SMILES string of the molecule is COc1ccc(/C=C2/SC(=O)N(CC(=O)Nc3ccc(C)c(C)c3)C2=O)cc1. The first-order chi connectivity index (χ1) is 13.4. The molecular formula is C21H20N2O4S. The molecule has 0 saturated carbocycles. The standard InChI is InChI=1S/C21H20N2O4S/c1-13-4-7-16(10-14(13)2)22-19(24)12-23-20(25)18(28-21(23)26)11-15-5-8-17(27-3)9-6-15/h4-11H,12H2,1-3H3,(H,22,24)/b18-11+. The molecule has 2 aromatic rings. The van der Waals surface area contributed by atoms with Crippen molar-refractivity contribution in [2.24, 2.45) is 0 Å². The van der Waals surface area contributed by atoms with Crippen LogP contribution in [0.4, 0.5) is 10.5 Å². The van der Waals surface area contributed by atoms with Crippen LogP contribution in [-0.2, 0) is 9.59 Å². The zero-order valence-corrected chi connectivity index (χ0v) is 16.6. The molecule has 0 aromatic heterocycles. The van der Waals surface area contributed by atoms with Gasteiger partial charge in [-0.25, -0.2) is 0 Å². The van der Waals surface area contributed by atoms with Crippen molar-refractivity contribution in [3.8, 4) is 5.75 Å². The minimum atomic E-state index is -0.471. The number of amides is 3. The lowest BCUT2D eigenvalue weighted by molar-refractivity contribution is -0.127. The monoisotopic (exact) mass is 396 g/mol. The summed E-state index contributed by atoms with van der Waals surface area (Å²) in [5, 5.41) is 2.27. The number of imide groups is 1. The number of carbonyl (C=O) groups excluding carboxylic acids is 3. The van der Waals surface area contributed by atoms with E-state index in [9.17, 15) is 14.4 Å². The molecule has 0 atom stereocenters. The van der Waals surface area contributed by atoms with Crippen molar-refractivity contribution in [3.63, 3.8) is 0 Å². The van der Waals surface area contributed by atoms with Crippen molar-refractivity contribution in [3.05, 3.63) is 64.1 Å². The summed E-state index contributed by atoms with van der Waals surface area (Å²) in [6.07, 6.45) is 1.63. The molecule has 3 amide bonds. The highest BCUT2D eigenvalue weighted by atomic mass is 32.2. The minimum absolute atomic E-state index is 0.286. The first-order valence-electron chi connectivity index (χ1n) is 8.64. The number of aryl methyl sites for hydroxylation is 2. The summed E-state index contributed by atoms with van der Waals surface area (Å²) in [6.45, 7) is 3.61. The van der Waals surface area contributed by atoms with Crippen molar-refractivity contribution >= 4 is 40.6 Å². The lowest BCUT2D eigenvalue weighted by atomic mass is 10.1. The fourth-order valence-corrected chi connectivity index (χ4v) is 3.49. The molecule has 1 aliphatic rings. The second-order valence-electron chi connectivity index (χ2n) is 6.39. The maximum atomic E-state index is 12.5. The van der Waals surface area contributed by atoms with E-state index in [0.717, 1.165) is 33.4 Å². The van der Waals surface area contributed by atoms with E-state index in [-0.39, 0.29) is 11.4 Å². The third-order valence-electron chi connectivity index (χ3n) is 4.38. The van der Waals surface area contributed by atoms with Crippen LogP contribution in [0.1, 0.15) is 16.7 Å². The van der Waals surface area contributed by atoms with E-state index >= 15 is 0 Å². The van der Waals surface area contributed by atoms with Crippen molar-refractivity contribution in [1.29, 1.82) is 0 Å². The molecule has 2 aromatic carbocycles. The number of carbonyl (C=O) groups is 3. The van der Waals surface area contributed by atoms with E-state index < -0.39 is 17.1 Å². The summed E-state index contributed by atoms with van der Waals surface area (Å²) in [6, 6.07) is 12.7. The predicted molar refractivity (Wildman–Crippen MR) is 110 cm³/mol. The van der Waals surface area contributed by atoms with Gasteiger partial charge in [-0.1, -0.05) is 18.2 Å². The highest BCUT2D eigenvalue weighted by molar-refractivity contribution is 8.18. The van der Waals surface area contributed by atoms with Crippen LogP contribution in [0.3, 0.4) is 0 Å². The number of anilines is 1. The fraction of sp³-hybridized carbons (Fsp3) is 0.190. The Balaban J connectivity index is 1.68. The number of ether oxygens (including phenoxy) is 1. The topological polar surface area (TPSA) is 75.7 Å². The molecule has 7 heteroatoms. The van der Waals surface area contributed by atoms with Gasteiger partial charge in [-0.3, -0.25) is 19.3 Å². The van der Waals surface area contributed by atoms with Crippen molar-refractivity contribution in [1.82, 2.24) is 4.90 Å². The van der Waals surface area contributed by atoms with Gasteiger partial charge in [0.25, 0.3) is 11.1 Å². The molecule has 28 heavy (non-hydrogen) atoms. The van der Waals surface area contributed by atoms with E-state index in [1.807, 2.05) is 26.0 Å². The molecule has 0 aliphatic carbocycles. The summed E-state index contributed by atoms with van der Waals surface area (Å²) < 4.78 is 5.10. The van der Waals surface area contributed by atoms with Crippen LogP contribution in [0.25, 0.3) is 6.08 Å². The van der Waals surface area contributed by atoms with Crippen LogP contribution >= 0.6 is 11.8 Å². The van der Waals surface area contributed by atoms with Crippen LogP contribution in [-0.4, -0.2) is 35.6 Å². The normalized spacial score (nSPS) is 15.2. The Morgan fingerprint density at radius 3 is 2.46 bits per heavy atom. The molecule has 6 nitrogen and oxygen atoms in total. The average molecular weight is 396 g/mol. The Morgan fingerprint density at radius 2 is 1.82 bits per heavy atom. The third kappa shape index (κ3) is 4.43. The molecule has 0 unspecified atom stereocenters. The number of thioether (sulfide) groups is 1. The molecule has 1 fully saturated rings. The van der Waals surface area contributed by atoms with Crippen LogP contribution < -0.4 is 10.1 Å². The lowest BCUT2D eigenvalue weighted by Crippen LogP contribution is -2.36. The van der Waals surface area contributed by atoms with E-state index in [1.54, 1.807) is 43.5 Å².